The molecule has 0 aliphatic heterocycles. The Morgan fingerprint density at radius 2 is 1.93 bits per heavy atom. The van der Waals surface area contributed by atoms with Crippen LogP contribution in [0.15, 0.2) is 53.5 Å². The Labute approximate surface area is 162 Å². The molecule has 0 radical (unpaired) electrons. The molecule has 6 nitrogen and oxygen atoms in total. The minimum absolute atomic E-state index is 0.210. The van der Waals surface area contributed by atoms with E-state index in [1.165, 1.54) is 11.3 Å². The van der Waals surface area contributed by atoms with E-state index in [4.69, 9.17) is 9.47 Å². The predicted molar refractivity (Wildman–Crippen MR) is 105 cm³/mol. The third-order valence-corrected chi connectivity index (χ3v) is 4.18. The third kappa shape index (κ3) is 5.79. The van der Waals surface area contributed by atoms with Crippen LogP contribution < -0.4 is 14.8 Å². The fourth-order valence-electron chi connectivity index (χ4n) is 2.16. The molecule has 7 heteroatoms. The zero-order valence-electron chi connectivity index (χ0n) is 15.2. The van der Waals surface area contributed by atoms with E-state index in [0.717, 1.165) is 5.69 Å². The summed E-state index contributed by atoms with van der Waals surface area (Å²) in [5.41, 5.74) is 3.80. The lowest BCUT2D eigenvalue weighted by Crippen LogP contribution is -2.12. The number of amides is 1. The molecule has 0 spiro atoms. The zero-order chi connectivity index (χ0) is 19.1. The SMILES string of the molecule is CC(C)COc1ccc(NC(=O)c2ccc(OCc3cscn3)cc2)cn1. The molecule has 2 heterocycles. The summed E-state index contributed by atoms with van der Waals surface area (Å²) in [5.74, 6) is 1.45. The normalized spacial score (nSPS) is 10.6. The highest BCUT2D eigenvalue weighted by molar-refractivity contribution is 7.07. The van der Waals surface area contributed by atoms with Gasteiger partial charge in [0.15, 0.2) is 0 Å². The number of hydrogen-bond donors (Lipinski definition) is 1. The minimum atomic E-state index is -0.210. The average Bonchev–Trinajstić information content (AvgIpc) is 3.20. The third-order valence-electron chi connectivity index (χ3n) is 3.55. The van der Waals surface area contributed by atoms with Crippen LogP contribution in [-0.4, -0.2) is 22.5 Å². The maximum atomic E-state index is 12.4. The van der Waals surface area contributed by atoms with Crippen LogP contribution >= 0.6 is 11.3 Å². The summed E-state index contributed by atoms with van der Waals surface area (Å²) in [5, 5.41) is 4.76. The molecule has 1 N–H and O–H groups in total. The lowest BCUT2D eigenvalue weighted by atomic mass is 10.2. The van der Waals surface area contributed by atoms with Crippen LogP contribution in [0.3, 0.4) is 0 Å². The number of hydrogen-bond acceptors (Lipinski definition) is 6. The standard InChI is InChI=1S/C20H21N3O3S/c1-14(2)10-26-19-8-5-16(9-21-19)23-20(24)15-3-6-18(7-4-15)25-11-17-12-27-13-22-17/h3-9,12-14H,10-11H2,1-2H3,(H,23,24). The summed E-state index contributed by atoms with van der Waals surface area (Å²) < 4.78 is 11.2. The van der Waals surface area contributed by atoms with Crippen molar-refractivity contribution in [1.82, 2.24) is 9.97 Å². The highest BCUT2D eigenvalue weighted by Crippen LogP contribution is 2.17. The van der Waals surface area contributed by atoms with Crippen LogP contribution in [0.2, 0.25) is 0 Å². The monoisotopic (exact) mass is 383 g/mol. The van der Waals surface area contributed by atoms with Crippen LogP contribution in [0.1, 0.15) is 29.9 Å². The Morgan fingerprint density at radius 1 is 1.11 bits per heavy atom. The van der Waals surface area contributed by atoms with Crippen LogP contribution in [-0.2, 0) is 6.61 Å². The molecule has 140 valence electrons. The first kappa shape index (κ1) is 18.8. The number of benzene rings is 1. The van der Waals surface area contributed by atoms with Gasteiger partial charge in [0.2, 0.25) is 5.88 Å². The van der Waals surface area contributed by atoms with Crippen molar-refractivity contribution < 1.29 is 14.3 Å². The van der Waals surface area contributed by atoms with Crippen molar-refractivity contribution in [2.24, 2.45) is 5.92 Å². The van der Waals surface area contributed by atoms with E-state index >= 15 is 0 Å². The second kappa shape index (κ2) is 9.14. The quantitative estimate of drug-likeness (QED) is 0.624. The van der Waals surface area contributed by atoms with E-state index in [-0.39, 0.29) is 5.91 Å². The summed E-state index contributed by atoms with van der Waals surface area (Å²) in [4.78, 5) is 20.7. The Morgan fingerprint density at radius 3 is 2.56 bits per heavy atom. The number of anilines is 1. The van der Waals surface area contributed by atoms with Crippen molar-refractivity contribution in [3.63, 3.8) is 0 Å². The molecule has 0 unspecified atom stereocenters. The van der Waals surface area contributed by atoms with Gasteiger partial charge in [0, 0.05) is 17.0 Å². The fraction of sp³-hybridized carbons (Fsp3) is 0.250. The largest absolute Gasteiger partial charge is 0.487 e. The first-order chi connectivity index (χ1) is 13.1. The number of nitrogens with zero attached hydrogens (tertiary/aromatic N) is 2. The van der Waals surface area contributed by atoms with Gasteiger partial charge < -0.3 is 14.8 Å². The van der Waals surface area contributed by atoms with Crippen molar-refractivity contribution in [3.8, 4) is 11.6 Å². The Bertz CT molecular complexity index is 847. The maximum absolute atomic E-state index is 12.4. The number of carbonyl (C=O) groups excluding carboxylic acids is 1. The van der Waals surface area contributed by atoms with E-state index in [0.29, 0.717) is 42.0 Å². The van der Waals surface area contributed by atoms with Gasteiger partial charge in [0.1, 0.15) is 12.4 Å². The number of thiazole rings is 1. The van der Waals surface area contributed by atoms with Gasteiger partial charge in [-0.25, -0.2) is 9.97 Å². The molecule has 0 saturated carbocycles. The molecule has 0 bridgehead atoms. The molecule has 0 aliphatic carbocycles. The fourth-order valence-corrected chi connectivity index (χ4v) is 2.71. The van der Waals surface area contributed by atoms with Crippen molar-refractivity contribution in [3.05, 3.63) is 64.7 Å². The number of nitrogens with one attached hydrogen (secondary N) is 1. The van der Waals surface area contributed by atoms with Crippen LogP contribution in [0.25, 0.3) is 0 Å². The van der Waals surface area contributed by atoms with E-state index in [1.807, 2.05) is 5.38 Å². The Balaban J connectivity index is 1.52. The summed E-state index contributed by atoms with van der Waals surface area (Å²) in [6.45, 7) is 5.16. The van der Waals surface area contributed by atoms with E-state index in [1.54, 1.807) is 48.1 Å². The topological polar surface area (TPSA) is 73.3 Å². The average molecular weight is 383 g/mol. The lowest BCUT2D eigenvalue weighted by Gasteiger charge is -2.09. The Kier molecular flexibility index (Phi) is 6.38. The highest BCUT2D eigenvalue weighted by Gasteiger charge is 2.08. The molecule has 3 rings (SSSR count). The molecule has 0 aliphatic rings. The van der Waals surface area contributed by atoms with E-state index in [9.17, 15) is 4.79 Å². The predicted octanol–water partition coefficient (Wildman–Crippen LogP) is 4.40. The van der Waals surface area contributed by atoms with Crippen molar-refractivity contribution in [2.45, 2.75) is 20.5 Å². The lowest BCUT2D eigenvalue weighted by molar-refractivity contribution is 0.102. The van der Waals surface area contributed by atoms with E-state index < -0.39 is 0 Å². The molecule has 1 aromatic carbocycles. The smallest absolute Gasteiger partial charge is 0.255 e. The van der Waals surface area contributed by atoms with Crippen molar-refractivity contribution in [1.29, 1.82) is 0 Å². The number of rotatable bonds is 8. The molecular weight excluding hydrogens is 362 g/mol. The van der Waals surface area contributed by atoms with Crippen molar-refractivity contribution in [2.75, 3.05) is 11.9 Å². The van der Waals surface area contributed by atoms with Gasteiger partial charge in [-0.3, -0.25) is 4.79 Å². The minimum Gasteiger partial charge on any atom is -0.487 e. The van der Waals surface area contributed by atoms with Gasteiger partial charge in [-0.1, -0.05) is 13.8 Å². The molecule has 1 amide bonds. The van der Waals surface area contributed by atoms with Gasteiger partial charge in [-0.05, 0) is 36.2 Å². The molecule has 0 atom stereocenters. The molecule has 2 aromatic heterocycles. The molecule has 3 aromatic rings. The first-order valence-electron chi connectivity index (χ1n) is 8.60. The second-order valence-electron chi connectivity index (χ2n) is 6.34. The maximum Gasteiger partial charge on any atom is 0.255 e. The summed E-state index contributed by atoms with van der Waals surface area (Å²) in [6, 6.07) is 10.5. The van der Waals surface area contributed by atoms with Crippen LogP contribution in [0.5, 0.6) is 11.6 Å². The second-order valence-corrected chi connectivity index (χ2v) is 7.06. The van der Waals surface area contributed by atoms with Crippen LogP contribution in [0.4, 0.5) is 5.69 Å². The van der Waals surface area contributed by atoms with Crippen molar-refractivity contribution >= 4 is 22.9 Å². The summed E-state index contributed by atoms with van der Waals surface area (Å²) in [6.07, 6.45) is 1.58. The zero-order valence-corrected chi connectivity index (χ0v) is 16.0. The molecule has 0 saturated heterocycles. The van der Waals surface area contributed by atoms with Gasteiger partial charge in [-0.15, -0.1) is 11.3 Å². The molecule has 27 heavy (non-hydrogen) atoms. The number of aromatic nitrogens is 2. The molecular formula is C20H21N3O3S. The summed E-state index contributed by atoms with van der Waals surface area (Å²) >= 11 is 1.53. The summed E-state index contributed by atoms with van der Waals surface area (Å²) in [7, 11) is 0. The number of pyridine rings is 1. The highest BCUT2D eigenvalue weighted by atomic mass is 32.1. The van der Waals surface area contributed by atoms with Gasteiger partial charge in [0.05, 0.1) is 29.7 Å². The van der Waals surface area contributed by atoms with Crippen LogP contribution in [0, 0.1) is 5.92 Å². The van der Waals surface area contributed by atoms with Gasteiger partial charge in [-0.2, -0.15) is 0 Å². The van der Waals surface area contributed by atoms with Gasteiger partial charge in [0.25, 0.3) is 5.91 Å². The first-order valence-corrected chi connectivity index (χ1v) is 9.54. The van der Waals surface area contributed by atoms with Gasteiger partial charge >= 0.3 is 0 Å². The van der Waals surface area contributed by atoms with E-state index in [2.05, 4.69) is 29.1 Å². The Hall–Kier alpha value is -2.93. The number of ether oxygens (including phenoxy) is 2. The molecule has 0 fully saturated rings. The number of carbonyl (C=O) groups is 1.